The summed E-state index contributed by atoms with van der Waals surface area (Å²) in [6.07, 6.45) is -3.40. The molecule has 0 saturated heterocycles. The molecule has 0 amide bonds. The van der Waals surface area contributed by atoms with Gasteiger partial charge in [0, 0.05) is 6.20 Å². The van der Waals surface area contributed by atoms with Crippen molar-refractivity contribution in [1.82, 2.24) is 9.71 Å². The first-order valence-corrected chi connectivity index (χ1v) is 6.90. The lowest BCUT2D eigenvalue weighted by molar-refractivity contribution is -0.121. The maximum atomic E-state index is 11.9. The summed E-state index contributed by atoms with van der Waals surface area (Å²) in [6, 6.07) is 1.20. The van der Waals surface area contributed by atoms with Crippen molar-refractivity contribution in [3.63, 3.8) is 0 Å². The summed E-state index contributed by atoms with van der Waals surface area (Å²) in [5, 5.41) is 0.131. The van der Waals surface area contributed by atoms with E-state index in [1.807, 2.05) is 4.72 Å². The second-order valence-corrected chi connectivity index (χ2v) is 5.72. The van der Waals surface area contributed by atoms with Crippen molar-refractivity contribution in [2.24, 2.45) is 0 Å². The average Bonchev–Trinajstić information content (AvgIpc) is 2.20. The standard InChI is InChI=1S/C7H6BrClF3N3O2S/c8-6-5(1-4(9)2-13-6)15-18(16,17)14-3-7(10,11)12/h1-2,14-15H,3H2. The molecule has 0 radical (unpaired) electrons. The van der Waals surface area contributed by atoms with Gasteiger partial charge in [0.05, 0.1) is 10.7 Å². The predicted molar refractivity (Wildman–Crippen MR) is 63.5 cm³/mol. The Morgan fingerprint density at radius 1 is 1.44 bits per heavy atom. The summed E-state index contributed by atoms with van der Waals surface area (Å²) < 4.78 is 61.5. The van der Waals surface area contributed by atoms with E-state index in [4.69, 9.17) is 11.6 Å². The van der Waals surface area contributed by atoms with Crippen molar-refractivity contribution >= 4 is 43.4 Å². The zero-order valence-electron chi connectivity index (χ0n) is 8.42. The molecule has 0 aromatic carbocycles. The molecule has 18 heavy (non-hydrogen) atoms. The van der Waals surface area contributed by atoms with E-state index < -0.39 is 22.9 Å². The topological polar surface area (TPSA) is 71.1 Å². The van der Waals surface area contributed by atoms with Crippen LogP contribution in [0.15, 0.2) is 16.9 Å². The van der Waals surface area contributed by atoms with Crippen LogP contribution in [-0.4, -0.2) is 26.1 Å². The van der Waals surface area contributed by atoms with Crippen LogP contribution in [0.25, 0.3) is 0 Å². The fraction of sp³-hybridized carbons (Fsp3) is 0.286. The third-order valence-electron chi connectivity index (χ3n) is 1.51. The molecule has 0 saturated carbocycles. The van der Waals surface area contributed by atoms with E-state index >= 15 is 0 Å². The van der Waals surface area contributed by atoms with E-state index in [9.17, 15) is 21.6 Å². The number of rotatable bonds is 4. The summed E-state index contributed by atoms with van der Waals surface area (Å²) in [5.74, 6) is 0. The number of aromatic nitrogens is 1. The number of anilines is 1. The number of nitrogens with one attached hydrogen (secondary N) is 2. The van der Waals surface area contributed by atoms with Crippen LogP contribution >= 0.6 is 27.5 Å². The predicted octanol–water partition coefficient (Wildman–Crippen LogP) is 2.31. The molecule has 102 valence electrons. The van der Waals surface area contributed by atoms with Crippen LogP contribution in [0.3, 0.4) is 0 Å². The number of halogens is 5. The van der Waals surface area contributed by atoms with E-state index in [0.717, 1.165) is 0 Å². The highest BCUT2D eigenvalue weighted by atomic mass is 79.9. The van der Waals surface area contributed by atoms with Crippen LogP contribution in [0.1, 0.15) is 0 Å². The molecule has 1 aromatic heterocycles. The number of alkyl halides is 3. The third-order valence-corrected chi connectivity index (χ3v) is 3.36. The molecule has 1 aromatic rings. The van der Waals surface area contributed by atoms with Gasteiger partial charge in [0.1, 0.15) is 11.1 Å². The first-order chi connectivity index (χ1) is 8.09. The van der Waals surface area contributed by atoms with Crippen LogP contribution in [0.4, 0.5) is 18.9 Å². The van der Waals surface area contributed by atoms with Gasteiger partial charge in [-0.25, -0.2) is 4.98 Å². The molecule has 0 spiro atoms. The molecule has 11 heteroatoms. The van der Waals surface area contributed by atoms with Crippen molar-refractivity contribution in [1.29, 1.82) is 0 Å². The summed E-state index contributed by atoms with van der Waals surface area (Å²) in [4.78, 5) is 3.68. The molecule has 0 aliphatic heterocycles. The minimum absolute atomic E-state index is 0.0721. The SMILES string of the molecule is O=S(=O)(NCC(F)(F)F)Nc1cc(Cl)cnc1Br. The quantitative estimate of drug-likeness (QED) is 0.801. The lowest BCUT2D eigenvalue weighted by Gasteiger charge is -2.11. The highest BCUT2D eigenvalue weighted by Gasteiger charge is 2.29. The zero-order valence-corrected chi connectivity index (χ0v) is 11.6. The maximum Gasteiger partial charge on any atom is 0.402 e. The first-order valence-electron chi connectivity index (χ1n) is 4.24. The molecule has 0 atom stereocenters. The molecule has 0 fully saturated rings. The molecular weight excluding hydrogens is 363 g/mol. The average molecular weight is 369 g/mol. The molecule has 0 aliphatic rings. The third kappa shape index (κ3) is 5.38. The lowest BCUT2D eigenvalue weighted by Crippen LogP contribution is -2.37. The number of hydrogen-bond acceptors (Lipinski definition) is 3. The molecular formula is C7H6BrClF3N3O2S. The van der Waals surface area contributed by atoms with E-state index in [-0.39, 0.29) is 15.3 Å². The second kappa shape index (κ2) is 5.59. The molecule has 5 nitrogen and oxygen atoms in total. The minimum Gasteiger partial charge on any atom is -0.268 e. The van der Waals surface area contributed by atoms with Crippen LogP contribution in [0, 0.1) is 0 Å². The molecule has 0 bridgehead atoms. The second-order valence-electron chi connectivity index (χ2n) is 3.03. The lowest BCUT2D eigenvalue weighted by atomic mass is 10.4. The Labute approximate surface area is 114 Å². The van der Waals surface area contributed by atoms with Crippen LogP contribution in [0.2, 0.25) is 5.02 Å². The van der Waals surface area contributed by atoms with Gasteiger partial charge in [0.15, 0.2) is 0 Å². The Morgan fingerprint density at radius 3 is 2.61 bits per heavy atom. The Hall–Kier alpha value is -0.580. The number of pyridine rings is 1. The van der Waals surface area contributed by atoms with Gasteiger partial charge in [-0.15, -0.1) is 0 Å². The maximum absolute atomic E-state index is 11.9. The number of nitrogens with zero attached hydrogens (tertiary/aromatic N) is 1. The highest BCUT2D eigenvalue weighted by molar-refractivity contribution is 9.10. The molecule has 1 heterocycles. The van der Waals surface area contributed by atoms with E-state index in [2.05, 4.69) is 20.9 Å². The fourth-order valence-electron chi connectivity index (χ4n) is 0.852. The Balaban J connectivity index is 2.80. The van der Waals surface area contributed by atoms with Gasteiger partial charge in [-0.3, -0.25) is 4.72 Å². The van der Waals surface area contributed by atoms with E-state index in [1.165, 1.54) is 17.0 Å². The number of hydrogen-bond donors (Lipinski definition) is 2. The van der Waals surface area contributed by atoms with Gasteiger partial charge >= 0.3 is 6.18 Å². The normalized spacial score (nSPS) is 12.5. The zero-order chi connectivity index (χ0) is 14.0. The van der Waals surface area contributed by atoms with Crippen LogP contribution < -0.4 is 9.44 Å². The fourth-order valence-corrected chi connectivity index (χ4v) is 2.33. The first kappa shape index (κ1) is 15.5. The molecule has 1 rings (SSSR count). The summed E-state index contributed by atoms with van der Waals surface area (Å²) >= 11 is 8.50. The van der Waals surface area contributed by atoms with Gasteiger partial charge in [-0.05, 0) is 22.0 Å². The van der Waals surface area contributed by atoms with E-state index in [1.54, 1.807) is 0 Å². The van der Waals surface area contributed by atoms with Gasteiger partial charge < -0.3 is 0 Å². The highest BCUT2D eigenvalue weighted by Crippen LogP contribution is 2.24. The molecule has 0 unspecified atom stereocenters. The Kier molecular flexibility index (Phi) is 4.81. The molecule has 0 aliphatic carbocycles. The summed E-state index contributed by atoms with van der Waals surface area (Å²) in [7, 11) is -4.36. The monoisotopic (exact) mass is 367 g/mol. The smallest absolute Gasteiger partial charge is 0.268 e. The van der Waals surface area contributed by atoms with Crippen molar-refractivity contribution in [3.8, 4) is 0 Å². The van der Waals surface area contributed by atoms with Gasteiger partial charge in [0.25, 0.3) is 10.2 Å². The van der Waals surface area contributed by atoms with Crippen LogP contribution in [-0.2, 0) is 10.2 Å². The molecule has 2 N–H and O–H groups in total. The van der Waals surface area contributed by atoms with Crippen molar-refractivity contribution < 1.29 is 21.6 Å². The Morgan fingerprint density at radius 2 is 2.06 bits per heavy atom. The van der Waals surface area contributed by atoms with Crippen molar-refractivity contribution in [3.05, 3.63) is 21.9 Å². The van der Waals surface area contributed by atoms with Gasteiger partial charge in [-0.1, -0.05) is 11.6 Å². The minimum atomic E-state index is -4.64. The largest absolute Gasteiger partial charge is 0.402 e. The summed E-state index contributed by atoms with van der Waals surface area (Å²) in [6.45, 7) is -1.67. The van der Waals surface area contributed by atoms with Crippen molar-refractivity contribution in [2.75, 3.05) is 11.3 Å². The summed E-state index contributed by atoms with van der Waals surface area (Å²) in [5.41, 5.74) is -0.0721. The Bertz CT molecular complexity index is 537. The van der Waals surface area contributed by atoms with Gasteiger partial charge in [-0.2, -0.15) is 26.3 Å². The van der Waals surface area contributed by atoms with Gasteiger partial charge in [0.2, 0.25) is 0 Å². The van der Waals surface area contributed by atoms with E-state index in [0.29, 0.717) is 0 Å². The van der Waals surface area contributed by atoms with Crippen LogP contribution in [0.5, 0.6) is 0 Å². The van der Waals surface area contributed by atoms with Crippen molar-refractivity contribution in [2.45, 2.75) is 6.18 Å².